The maximum absolute atomic E-state index is 13.8. The molecule has 3 aromatic carbocycles. The van der Waals surface area contributed by atoms with Crippen LogP contribution in [0.3, 0.4) is 0 Å². The van der Waals surface area contributed by atoms with Crippen LogP contribution in [0, 0.1) is 5.92 Å². The Hall–Kier alpha value is -4.63. The van der Waals surface area contributed by atoms with Gasteiger partial charge in [0.25, 0.3) is 11.8 Å². The summed E-state index contributed by atoms with van der Waals surface area (Å²) in [5.74, 6) is 0.0720. The number of pyridine rings is 1. The van der Waals surface area contributed by atoms with Gasteiger partial charge >= 0.3 is 0 Å². The highest BCUT2D eigenvalue weighted by Gasteiger charge is 2.30. The molecule has 2 amide bonds. The van der Waals surface area contributed by atoms with Crippen LogP contribution < -0.4 is 10.1 Å². The van der Waals surface area contributed by atoms with E-state index in [-0.39, 0.29) is 30.1 Å². The minimum atomic E-state index is -0.237. The van der Waals surface area contributed by atoms with Crippen LogP contribution in [0.25, 0.3) is 31.8 Å². The molecule has 40 heavy (non-hydrogen) atoms. The second-order valence-corrected chi connectivity index (χ2v) is 11.1. The monoisotopic (exact) mass is 548 g/mol. The van der Waals surface area contributed by atoms with Gasteiger partial charge in [-0.15, -0.1) is 11.3 Å². The van der Waals surface area contributed by atoms with Gasteiger partial charge in [-0.25, -0.2) is 9.97 Å². The molecule has 0 unspecified atom stereocenters. The molecule has 9 heteroatoms. The molecule has 0 radical (unpaired) electrons. The third-order valence-corrected chi connectivity index (χ3v) is 8.57. The largest absolute Gasteiger partial charge is 0.482 e. The standard InChI is InChI=1S/C31H24N4O4S/c36-28-17-39-26-10-9-19(15-24(26)33-28)29(37)18-11-13-35(14-12-18)31(38)21-16-25(32-22-6-2-1-5-20(21)22)30-34-23-7-3-4-8-27(23)40-30/h1-10,15-16,18H,11-14,17H2,(H,33,36). The van der Waals surface area contributed by atoms with Crippen LogP contribution in [0.4, 0.5) is 5.69 Å². The average molecular weight is 549 g/mol. The Morgan fingerprint density at radius 2 is 1.70 bits per heavy atom. The number of Topliss-reactive ketones (excluding diaryl/α,β-unsaturated/α-hetero) is 1. The van der Waals surface area contributed by atoms with Gasteiger partial charge in [0.1, 0.15) is 16.5 Å². The lowest BCUT2D eigenvalue weighted by molar-refractivity contribution is -0.118. The molecule has 1 N–H and O–H groups in total. The summed E-state index contributed by atoms with van der Waals surface area (Å²) < 4.78 is 6.48. The topological polar surface area (TPSA) is 101 Å². The van der Waals surface area contributed by atoms with Gasteiger partial charge < -0.3 is 15.0 Å². The maximum Gasteiger partial charge on any atom is 0.262 e. The van der Waals surface area contributed by atoms with Gasteiger partial charge in [-0.05, 0) is 55.3 Å². The Balaban J connectivity index is 1.12. The Kier molecular flexibility index (Phi) is 6.00. The Morgan fingerprint density at radius 1 is 0.925 bits per heavy atom. The van der Waals surface area contributed by atoms with Crippen molar-refractivity contribution in [3.05, 3.63) is 83.9 Å². The number of fused-ring (bicyclic) bond motifs is 3. The smallest absolute Gasteiger partial charge is 0.262 e. The summed E-state index contributed by atoms with van der Waals surface area (Å²) in [4.78, 5) is 50.2. The third-order valence-electron chi connectivity index (χ3n) is 7.51. The zero-order valence-electron chi connectivity index (χ0n) is 21.4. The highest BCUT2D eigenvalue weighted by atomic mass is 32.1. The van der Waals surface area contributed by atoms with Crippen molar-refractivity contribution < 1.29 is 19.1 Å². The first-order chi connectivity index (χ1) is 19.5. The number of anilines is 1. The number of hydrogen-bond acceptors (Lipinski definition) is 7. The summed E-state index contributed by atoms with van der Waals surface area (Å²) in [5, 5.41) is 4.33. The molecule has 0 bridgehead atoms. The van der Waals surface area contributed by atoms with E-state index in [1.807, 2.05) is 59.5 Å². The number of aromatic nitrogens is 2. The van der Waals surface area contributed by atoms with Crippen LogP contribution >= 0.6 is 11.3 Å². The number of carbonyl (C=O) groups is 3. The maximum atomic E-state index is 13.8. The van der Waals surface area contributed by atoms with Crippen molar-refractivity contribution in [2.24, 2.45) is 5.92 Å². The summed E-state index contributed by atoms with van der Waals surface area (Å²) in [6.07, 6.45) is 1.14. The van der Waals surface area contributed by atoms with Crippen molar-refractivity contribution in [2.75, 3.05) is 25.0 Å². The minimum absolute atomic E-state index is 0.0159. The number of para-hydroxylation sites is 2. The lowest BCUT2D eigenvalue weighted by Crippen LogP contribution is -2.40. The summed E-state index contributed by atoms with van der Waals surface area (Å²) in [6.45, 7) is 0.932. The normalized spacial score (nSPS) is 15.5. The number of nitrogens with zero attached hydrogens (tertiary/aromatic N) is 3. The van der Waals surface area contributed by atoms with Gasteiger partial charge in [-0.1, -0.05) is 30.3 Å². The molecule has 1 saturated heterocycles. The summed E-state index contributed by atoms with van der Waals surface area (Å²) in [6, 6.07) is 22.6. The molecule has 7 rings (SSSR count). The van der Waals surface area contributed by atoms with Gasteiger partial charge in [0.15, 0.2) is 12.4 Å². The molecule has 4 heterocycles. The Morgan fingerprint density at radius 3 is 2.52 bits per heavy atom. The minimum Gasteiger partial charge on any atom is -0.482 e. The number of hydrogen-bond donors (Lipinski definition) is 1. The van der Waals surface area contributed by atoms with E-state index in [4.69, 9.17) is 14.7 Å². The molecular formula is C31H24N4O4S. The van der Waals surface area contributed by atoms with Crippen molar-refractivity contribution in [1.29, 1.82) is 0 Å². The molecule has 0 saturated carbocycles. The first-order valence-electron chi connectivity index (χ1n) is 13.2. The molecule has 2 aliphatic heterocycles. The first kappa shape index (κ1) is 24.4. The number of carbonyl (C=O) groups excluding carboxylic acids is 3. The second kappa shape index (κ2) is 9.84. The molecule has 0 spiro atoms. The zero-order chi connectivity index (χ0) is 27.2. The van der Waals surface area contributed by atoms with E-state index in [1.54, 1.807) is 29.5 Å². The SMILES string of the molecule is O=C1COc2ccc(C(=O)C3CCN(C(=O)c4cc(-c5nc6ccccc6s5)nc5ccccc45)CC3)cc2N1. The predicted molar refractivity (Wildman–Crippen MR) is 154 cm³/mol. The molecule has 5 aromatic rings. The van der Waals surface area contributed by atoms with Crippen LogP contribution in [0.5, 0.6) is 5.75 Å². The lowest BCUT2D eigenvalue weighted by Gasteiger charge is -2.32. The highest BCUT2D eigenvalue weighted by Crippen LogP contribution is 2.34. The van der Waals surface area contributed by atoms with Crippen molar-refractivity contribution in [2.45, 2.75) is 12.8 Å². The number of benzene rings is 3. The number of rotatable bonds is 4. The van der Waals surface area contributed by atoms with E-state index >= 15 is 0 Å². The molecular weight excluding hydrogens is 524 g/mol. The fourth-order valence-corrected chi connectivity index (χ4v) is 6.36. The number of ketones is 1. The summed E-state index contributed by atoms with van der Waals surface area (Å²) in [5.41, 5.74) is 3.98. The zero-order valence-corrected chi connectivity index (χ0v) is 22.2. The Labute approximate surface area is 233 Å². The summed E-state index contributed by atoms with van der Waals surface area (Å²) in [7, 11) is 0. The lowest BCUT2D eigenvalue weighted by atomic mass is 9.88. The fraction of sp³-hybridized carbons (Fsp3) is 0.194. The van der Waals surface area contributed by atoms with Crippen molar-refractivity contribution in [3.8, 4) is 16.5 Å². The number of ether oxygens (including phenoxy) is 1. The summed E-state index contributed by atoms with van der Waals surface area (Å²) >= 11 is 1.56. The number of nitrogens with one attached hydrogen (secondary N) is 1. The van der Waals surface area contributed by atoms with E-state index in [1.165, 1.54) is 0 Å². The Bertz CT molecular complexity index is 1790. The second-order valence-electron chi connectivity index (χ2n) is 10.0. The van der Waals surface area contributed by atoms with Gasteiger partial charge in [0.05, 0.1) is 27.0 Å². The number of thiazole rings is 1. The van der Waals surface area contributed by atoms with Crippen LogP contribution in [-0.2, 0) is 4.79 Å². The van der Waals surface area contributed by atoms with E-state index < -0.39 is 0 Å². The van der Waals surface area contributed by atoms with Gasteiger partial charge in [-0.3, -0.25) is 14.4 Å². The third kappa shape index (κ3) is 4.38. The number of piperidine rings is 1. The van der Waals surface area contributed by atoms with E-state index in [0.29, 0.717) is 54.2 Å². The van der Waals surface area contributed by atoms with Gasteiger partial charge in [0.2, 0.25) is 0 Å². The first-order valence-corrected chi connectivity index (χ1v) is 14.0. The average Bonchev–Trinajstić information content (AvgIpc) is 3.44. The predicted octanol–water partition coefficient (Wildman–Crippen LogP) is 5.58. The van der Waals surface area contributed by atoms with Crippen LogP contribution in [-0.4, -0.2) is 52.2 Å². The molecule has 2 aliphatic rings. The number of likely N-dealkylation sites (tertiary alicyclic amines) is 1. The quantitative estimate of drug-likeness (QED) is 0.294. The highest BCUT2D eigenvalue weighted by molar-refractivity contribution is 7.21. The van der Waals surface area contributed by atoms with E-state index in [0.717, 1.165) is 26.1 Å². The molecule has 0 aliphatic carbocycles. The van der Waals surface area contributed by atoms with Gasteiger partial charge in [0, 0.05) is 30.0 Å². The van der Waals surface area contributed by atoms with Crippen LogP contribution in [0.2, 0.25) is 0 Å². The van der Waals surface area contributed by atoms with Crippen molar-refractivity contribution >= 4 is 55.7 Å². The number of amides is 2. The van der Waals surface area contributed by atoms with Crippen LogP contribution in [0.1, 0.15) is 33.6 Å². The van der Waals surface area contributed by atoms with Gasteiger partial charge in [-0.2, -0.15) is 0 Å². The fourth-order valence-electron chi connectivity index (χ4n) is 5.43. The molecule has 198 valence electrons. The molecule has 0 atom stereocenters. The molecule has 2 aromatic heterocycles. The van der Waals surface area contributed by atoms with E-state index in [9.17, 15) is 14.4 Å². The van der Waals surface area contributed by atoms with Crippen molar-refractivity contribution in [1.82, 2.24) is 14.9 Å². The van der Waals surface area contributed by atoms with E-state index in [2.05, 4.69) is 5.32 Å². The van der Waals surface area contributed by atoms with Crippen molar-refractivity contribution in [3.63, 3.8) is 0 Å². The molecule has 1 fully saturated rings. The van der Waals surface area contributed by atoms with Crippen LogP contribution in [0.15, 0.2) is 72.8 Å². The molecule has 8 nitrogen and oxygen atoms in total.